The van der Waals surface area contributed by atoms with Crippen molar-refractivity contribution in [3.63, 3.8) is 0 Å². The number of aromatic nitrogens is 1. The fourth-order valence-corrected chi connectivity index (χ4v) is 1.42. The van der Waals surface area contributed by atoms with Crippen molar-refractivity contribution in [2.75, 3.05) is 0 Å². The largest absolute Gasteiger partial charge is 0.480 e. The highest BCUT2D eigenvalue weighted by Crippen LogP contribution is 2.27. The number of carboxylic acids is 1. The Hall–Kier alpha value is -0.970. The quantitative estimate of drug-likeness (QED) is 0.804. The molecule has 0 fully saturated rings. The maximum Gasteiger partial charge on any atom is 0.319 e. The third-order valence-corrected chi connectivity index (χ3v) is 2.97. The van der Waals surface area contributed by atoms with Gasteiger partial charge in [0.1, 0.15) is 11.0 Å². The summed E-state index contributed by atoms with van der Waals surface area (Å²) in [6.45, 7) is 3.35. The number of thioether (sulfide) groups is 1. The van der Waals surface area contributed by atoms with Crippen LogP contribution in [-0.4, -0.2) is 21.0 Å². The molecule has 0 aliphatic rings. The molecule has 0 saturated carbocycles. The van der Waals surface area contributed by atoms with Crippen LogP contribution in [0.2, 0.25) is 0 Å². The smallest absolute Gasteiger partial charge is 0.319 e. The second-order valence-corrected chi connectivity index (χ2v) is 4.73. The number of nitrogens with zero attached hydrogens (tertiary/aromatic N) is 1. The number of hydrogen-bond acceptors (Lipinski definition) is 4. The zero-order valence-electron chi connectivity index (χ0n) is 7.48. The minimum atomic E-state index is -0.811. The lowest BCUT2D eigenvalue weighted by molar-refractivity contribution is -0.138. The number of carboxylic acid groups (broad SMARTS) is 1. The molecule has 4 nitrogen and oxygen atoms in total. The molecule has 0 spiro atoms. The SMILES string of the molecule is CC(C)(SCc1cnoc1)C(=O)O. The molecule has 0 saturated heterocycles. The van der Waals surface area contributed by atoms with E-state index >= 15 is 0 Å². The monoisotopic (exact) mass is 201 g/mol. The Morgan fingerprint density at radius 1 is 1.77 bits per heavy atom. The number of hydrogen-bond donors (Lipinski definition) is 1. The molecule has 0 unspecified atom stereocenters. The minimum Gasteiger partial charge on any atom is -0.480 e. The van der Waals surface area contributed by atoms with Crippen LogP contribution < -0.4 is 0 Å². The molecule has 13 heavy (non-hydrogen) atoms. The first kappa shape index (κ1) is 10.1. The number of aliphatic carboxylic acids is 1. The van der Waals surface area contributed by atoms with Crippen LogP contribution in [0.25, 0.3) is 0 Å². The van der Waals surface area contributed by atoms with E-state index in [-0.39, 0.29) is 0 Å². The first-order chi connectivity index (χ1) is 6.02. The summed E-state index contributed by atoms with van der Waals surface area (Å²) in [5, 5.41) is 12.3. The lowest BCUT2D eigenvalue weighted by Gasteiger charge is -2.17. The molecule has 5 heteroatoms. The highest BCUT2D eigenvalue weighted by Gasteiger charge is 2.27. The average molecular weight is 201 g/mol. The van der Waals surface area contributed by atoms with Gasteiger partial charge in [-0.05, 0) is 13.8 Å². The molecule has 0 bridgehead atoms. The Balaban J connectivity index is 2.47. The van der Waals surface area contributed by atoms with E-state index < -0.39 is 10.7 Å². The number of carbonyl (C=O) groups is 1. The molecular formula is C8H11NO3S. The minimum absolute atomic E-state index is 0.600. The van der Waals surface area contributed by atoms with Gasteiger partial charge in [0.15, 0.2) is 0 Å². The van der Waals surface area contributed by atoms with Gasteiger partial charge in [0, 0.05) is 11.3 Å². The van der Waals surface area contributed by atoms with Crippen molar-refractivity contribution < 1.29 is 14.4 Å². The summed E-state index contributed by atoms with van der Waals surface area (Å²) < 4.78 is 3.86. The summed E-state index contributed by atoms with van der Waals surface area (Å²) >= 11 is 1.34. The summed E-state index contributed by atoms with van der Waals surface area (Å²) in [5.41, 5.74) is 0.902. The molecule has 1 heterocycles. The zero-order valence-corrected chi connectivity index (χ0v) is 8.30. The van der Waals surface area contributed by atoms with Crippen LogP contribution in [0.1, 0.15) is 19.4 Å². The van der Waals surface area contributed by atoms with Crippen LogP contribution in [0, 0.1) is 0 Å². The van der Waals surface area contributed by atoms with Crippen molar-refractivity contribution in [3.8, 4) is 0 Å². The van der Waals surface area contributed by atoms with Gasteiger partial charge in [0.2, 0.25) is 0 Å². The van der Waals surface area contributed by atoms with Crippen molar-refractivity contribution in [2.24, 2.45) is 0 Å². The van der Waals surface area contributed by atoms with Crippen molar-refractivity contribution in [2.45, 2.75) is 24.3 Å². The Morgan fingerprint density at radius 3 is 2.92 bits per heavy atom. The normalized spacial score (nSPS) is 11.5. The van der Waals surface area contributed by atoms with Crippen LogP contribution >= 0.6 is 11.8 Å². The van der Waals surface area contributed by atoms with Gasteiger partial charge in [0.05, 0.1) is 6.20 Å². The first-order valence-electron chi connectivity index (χ1n) is 3.78. The van der Waals surface area contributed by atoms with Crippen LogP contribution in [0.3, 0.4) is 0 Å². The van der Waals surface area contributed by atoms with E-state index in [4.69, 9.17) is 5.11 Å². The third kappa shape index (κ3) is 2.77. The van der Waals surface area contributed by atoms with Crippen molar-refractivity contribution in [1.82, 2.24) is 5.16 Å². The zero-order chi connectivity index (χ0) is 9.90. The standard InChI is InChI=1S/C8H11NO3S/c1-8(2,7(10)11)13-5-6-3-9-12-4-6/h3-4H,5H2,1-2H3,(H,10,11). The Kier molecular flexibility index (Phi) is 2.98. The molecule has 0 radical (unpaired) electrons. The fraction of sp³-hybridized carbons (Fsp3) is 0.500. The predicted molar refractivity (Wildman–Crippen MR) is 49.5 cm³/mol. The van der Waals surface area contributed by atoms with E-state index in [2.05, 4.69) is 9.68 Å². The van der Waals surface area contributed by atoms with Crippen LogP contribution in [0.5, 0.6) is 0 Å². The maximum atomic E-state index is 10.7. The topological polar surface area (TPSA) is 63.3 Å². The second-order valence-electron chi connectivity index (χ2n) is 3.14. The summed E-state index contributed by atoms with van der Waals surface area (Å²) in [6.07, 6.45) is 3.11. The molecule has 1 rings (SSSR count). The third-order valence-electron chi connectivity index (χ3n) is 1.60. The molecule has 0 aromatic carbocycles. The van der Waals surface area contributed by atoms with E-state index in [0.717, 1.165) is 5.56 Å². The van der Waals surface area contributed by atoms with Gasteiger partial charge in [0.25, 0.3) is 0 Å². The molecule has 0 aliphatic heterocycles. The van der Waals surface area contributed by atoms with Crippen LogP contribution in [-0.2, 0) is 10.5 Å². The summed E-state index contributed by atoms with van der Waals surface area (Å²) in [7, 11) is 0. The lowest BCUT2D eigenvalue weighted by Crippen LogP contribution is -2.27. The molecule has 0 atom stereocenters. The van der Waals surface area contributed by atoms with Gasteiger partial charge in [-0.15, -0.1) is 11.8 Å². The van der Waals surface area contributed by atoms with Crippen LogP contribution in [0.4, 0.5) is 0 Å². The molecule has 72 valence electrons. The lowest BCUT2D eigenvalue weighted by atomic mass is 10.2. The molecule has 1 N–H and O–H groups in total. The van der Waals surface area contributed by atoms with E-state index in [9.17, 15) is 4.79 Å². The van der Waals surface area contributed by atoms with Crippen LogP contribution in [0.15, 0.2) is 17.0 Å². The highest BCUT2D eigenvalue weighted by atomic mass is 32.2. The Morgan fingerprint density at radius 2 is 2.46 bits per heavy atom. The van der Waals surface area contributed by atoms with Gasteiger partial charge in [-0.3, -0.25) is 4.79 Å². The van der Waals surface area contributed by atoms with E-state index in [1.807, 2.05) is 0 Å². The van der Waals surface area contributed by atoms with Crippen molar-refractivity contribution >= 4 is 17.7 Å². The molecule has 1 aromatic heterocycles. The average Bonchev–Trinajstić information content (AvgIpc) is 2.52. The maximum absolute atomic E-state index is 10.7. The van der Waals surface area contributed by atoms with Gasteiger partial charge in [-0.25, -0.2) is 0 Å². The second kappa shape index (κ2) is 3.83. The van der Waals surface area contributed by atoms with Crippen molar-refractivity contribution in [1.29, 1.82) is 0 Å². The Bertz CT molecular complexity index is 282. The van der Waals surface area contributed by atoms with Gasteiger partial charge in [-0.2, -0.15) is 0 Å². The summed E-state index contributed by atoms with van der Waals surface area (Å²) in [5.74, 6) is -0.211. The van der Waals surface area contributed by atoms with Gasteiger partial charge in [-0.1, -0.05) is 5.16 Å². The van der Waals surface area contributed by atoms with E-state index in [1.165, 1.54) is 18.0 Å². The van der Waals surface area contributed by atoms with Crippen molar-refractivity contribution in [3.05, 3.63) is 18.0 Å². The van der Waals surface area contributed by atoms with Gasteiger partial charge < -0.3 is 9.63 Å². The molecular weight excluding hydrogens is 190 g/mol. The highest BCUT2D eigenvalue weighted by molar-refractivity contribution is 8.00. The molecule has 1 aromatic rings. The fourth-order valence-electron chi connectivity index (χ4n) is 0.623. The van der Waals surface area contributed by atoms with E-state index in [1.54, 1.807) is 20.0 Å². The Labute approximate surface area is 80.3 Å². The first-order valence-corrected chi connectivity index (χ1v) is 4.76. The van der Waals surface area contributed by atoms with E-state index in [0.29, 0.717) is 5.75 Å². The molecule has 0 aliphatic carbocycles. The summed E-state index contributed by atoms with van der Waals surface area (Å²) in [4.78, 5) is 10.7. The van der Waals surface area contributed by atoms with Gasteiger partial charge >= 0.3 is 5.97 Å². The molecule has 0 amide bonds. The number of rotatable bonds is 4. The summed E-state index contributed by atoms with van der Waals surface area (Å²) in [6, 6.07) is 0. The predicted octanol–water partition coefficient (Wildman–Crippen LogP) is 1.77.